The second kappa shape index (κ2) is 4.81. The summed E-state index contributed by atoms with van der Waals surface area (Å²) < 4.78 is 0. The molecule has 0 saturated heterocycles. The predicted molar refractivity (Wildman–Crippen MR) is 74.7 cm³/mol. The molecule has 1 saturated carbocycles. The van der Waals surface area contributed by atoms with Gasteiger partial charge >= 0.3 is 5.97 Å². The van der Waals surface area contributed by atoms with Crippen molar-refractivity contribution in [2.75, 3.05) is 24.5 Å². The number of carbonyl (C=O) groups is 2. The second-order valence-corrected chi connectivity index (χ2v) is 5.66. The van der Waals surface area contributed by atoms with Gasteiger partial charge in [-0.3, -0.25) is 9.59 Å². The maximum Gasteiger partial charge on any atom is 0.311 e. The van der Waals surface area contributed by atoms with E-state index in [1.807, 2.05) is 23.1 Å². The molecule has 5 nitrogen and oxygen atoms in total. The number of rotatable bonds is 5. The lowest BCUT2D eigenvalue weighted by Gasteiger charge is -2.19. The quantitative estimate of drug-likeness (QED) is 0.841. The molecule has 5 heteroatoms. The number of hydrogen-bond donors (Lipinski definition) is 2. The van der Waals surface area contributed by atoms with Crippen molar-refractivity contribution in [1.82, 2.24) is 5.32 Å². The molecule has 0 radical (unpaired) electrons. The monoisotopic (exact) mass is 274 g/mol. The van der Waals surface area contributed by atoms with Crippen LogP contribution in [-0.4, -0.2) is 36.6 Å². The Labute approximate surface area is 117 Å². The summed E-state index contributed by atoms with van der Waals surface area (Å²) in [5.74, 6) is -0.904. The van der Waals surface area contributed by atoms with Gasteiger partial charge in [0.25, 0.3) is 0 Å². The van der Waals surface area contributed by atoms with Crippen molar-refractivity contribution in [3.05, 3.63) is 29.8 Å². The molecule has 2 N–H and O–H groups in total. The molecule has 0 spiro atoms. The predicted octanol–water partition coefficient (Wildman–Crippen LogP) is 1.03. The zero-order chi connectivity index (χ0) is 14.2. The summed E-state index contributed by atoms with van der Waals surface area (Å²) in [5.41, 5.74) is 1.69. The molecule has 1 amide bonds. The number of carboxylic acid groups (broad SMARTS) is 1. The number of para-hydroxylation sites is 1. The SMILES string of the molecule is O=C(CN1CCc2ccccc21)NCC1(C(=O)O)CC1. The third-order valence-electron chi connectivity index (χ3n) is 4.25. The van der Waals surface area contributed by atoms with Crippen LogP contribution in [0.15, 0.2) is 24.3 Å². The standard InChI is InChI=1S/C15H18N2O3/c18-13(16-10-15(6-7-15)14(19)20)9-17-8-5-11-3-1-2-4-12(11)17/h1-4H,5-10H2,(H,16,18)(H,19,20). The summed E-state index contributed by atoms with van der Waals surface area (Å²) in [7, 11) is 0. The van der Waals surface area contributed by atoms with E-state index in [4.69, 9.17) is 5.11 Å². The Kier molecular flexibility index (Phi) is 3.12. The highest BCUT2D eigenvalue weighted by Gasteiger charge is 2.50. The van der Waals surface area contributed by atoms with Gasteiger partial charge in [0.15, 0.2) is 0 Å². The zero-order valence-corrected chi connectivity index (χ0v) is 11.3. The molecule has 1 aliphatic carbocycles. The summed E-state index contributed by atoms with van der Waals surface area (Å²) in [4.78, 5) is 25.0. The number of hydrogen-bond acceptors (Lipinski definition) is 3. The lowest BCUT2D eigenvalue weighted by molar-refractivity contribution is -0.143. The number of aliphatic carboxylic acids is 1. The third-order valence-corrected chi connectivity index (χ3v) is 4.25. The van der Waals surface area contributed by atoms with Gasteiger partial charge in [0, 0.05) is 18.8 Å². The largest absolute Gasteiger partial charge is 0.481 e. The minimum absolute atomic E-state index is 0.103. The number of carboxylic acids is 1. The molecular weight excluding hydrogens is 256 g/mol. The number of amides is 1. The van der Waals surface area contributed by atoms with Crippen LogP contribution in [0.2, 0.25) is 0 Å². The zero-order valence-electron chi connectivity index (χ0n) is 11.3. The first-order valence-corrected chi connectivity index (χ1v) is 6.94. The highest BCUT2D eigenvalue weighted by Crippen LogP contribution is 2.45. The van der Waals surface area contributed by atoms with Crippen molar-refractivity contribution in [2.45, 2.75) is 19.3 Å². The summed E-state index contributed by atoms with van der Waals surface area (Å²) in [6, 6.07) is 8.08. The number of fused-ring (bicyclic) bond motifs is 1. The van der Waals surface area contributed by atoms with E-state index in [9.17, 15) is 9.59 Å². The highest BCUT2D eigenvalue weighted by atomic mass is 16.4. The first kappa shape index (κ1) is 13.0. The number of carbonyl (C=O) groups excluding carboxylic acids is 1. The third kappa shape index (κ3) is 2.35. The summed E-state index contributed by atoms with van der Waals surface area (Å²) in [5, 5.41) is 11.8. The Morgan fingerprint density at radius 1 is 1.30 bits per heavy atom. The van der Waals surface area contributed by atoms with E-state index >= 15 is 0 Å². The fourth-order valence-corrected chi connectivity index (χ4v) is 2.68. The van der Waals surface area contributed by atoms with E-state index in [0.717, 1.165) is 18.7 Å². The van der Waals surface area contributed by atoms with Crippen LogP contribution in [0.4, 0.5) is 5.69 Å². The van der Waals surface area contributed by atoms with Gasteiger partial charge in [-0.1, -0.05) is 18.2 Å². The van der Waals surface area contributed by atoms with Crippen molar-refractivity contribution in [1.29, 1.82) is 0 Å². The first-order chi connectivity index (χ1) is 9.61. The fourth-order valence-electron chi connectivity index (χ4n) is 2.68. The normalized spacial score (nSPS) is 18.5. The molecule has 106 valence electrons. The van der Waals surface area contributed by atoms with Gasteiger partial charge in [-0.2, -0.15) is 0 Å². The van der Waals surface area contributed by atoms with Crippen LogP contribution in [-0.2, 0) is 16.0 Å². The molecule has 0 bridgehead atoms. The van der Waals surface area contributed by atoms with Gasteiger partial charge in [0.1, 0.15) is 0 Å². The number of anilines is 1. The van der Waals surface area contributed by atoms with E-state index in [1.165, 1.54) is 5.56 Å². The Balaban J connectivity index is 1.54. The van der Waals surface area contributed by atoms with Crippen LogP contribution in [0, 0.1) is 5.41 Å². The molecule has 1 aliphatic heterocycles. The van der Waals surface area contributed by atoms with Crippen molar-refractivity contribution in [2.24, 2.45) is 5.41 Å². The topological polar surface area (TPSA) is 69.6 Å². The Morgan fingerprint density at radius 2 is 2.05 bits per heavy atom. The lowest BCUT2D eigenvalue weighted by atomic mass is 10.1. The molecule has 1 aromatic rings. The lowest BCUT2D eigenvalue weighted by Crippen LogP contribution is -2.40. The molecule has 2 aliphatic rings. The number of benzene rings is 1. The van der Waals surface area contributed by atoms with E-state index in [-0.39, 0.29) is 12.5 Å². The van der Waals surface area contributed by atoms with E-state index in [1.54, 1.807) is 0 Å². The van der Waals surface area contributed by atoms with E-state index in [0.29, 0.717) is 19.4 Å². The van der Waals surface area contributed by atoms with Crippen molar-refractivity contribution >= 4 is 17.6 Å². The van der Waals surface area contributed by atoms with Crippen LogP contribution < -0.4 is 10.2 Å². The molecule has 20 heavy (non-hydrogen) atoms. The average Bonchev–Trinajstić information content (AvgIpc) is 3.14. The van der Waals surface area contributed by atoms with Crippen LogP contribution >= 0.6 is 0 Å². The summed E-state index contributed by atoms with van der Waals surface area (Å²) in [6.45, 7) is 1.39. The second-order valence-electron chi connectivity index (χ2n) is 5.66. The molecule has 0 unspecified atom stereocenters. The van der Waals surface area contributed by atoms with E-state index in [2.05, 4.69) is 11.4 Å². The van der Waals surface area contributed by atoms with Crippen LogP contribution in [0.5, 0.6) is 0 Å². The van der Waals surface area contributed by atoms with Gasteiger partial charge in [0.2, 0.25) is 5.91 Å². The fraction of sp³-hybridized carbons (Fsp3) is 0.467. The molecular formula is C15H18N2O3. The van der Waals surface area contributed by atoms with Crippen molar-refractivity contribution < 1.29 is 14.7 Å². The number of nitrogens with one attached hydrogen (secondary N) is 1. The smallest absolute Gasteiger partial charge is 0.311 e. The Bertz CT molecular complexity index is 552. The number of nitrogens with zero attached hydrogens (tertiary/aromatic N) is 1. The molecule has 0 aromatic heterocycles. The average molecular weight is 274 g/mol. The maximum atomic E-state index is 12.0. The van der Waals surface area contributed by atoms with Gasteiger partial charge in [-0.15, -0.1) is 0 Å². The summed E-state index contributed by atoms with van der Waals surface area (Å²) >= 11 is 0. The molecule has 3 rings (SSSR count). The highest BCUT2D eigenvalue weighted by molar-refractivity contribution is 5.84. The van der Waals surface area contributed by atoms with Gasteiger partial charge in [-0.05, 0) is 30.9 Å². The van der Waals surface area contributed by atoms with Crippen LogP contribution in [0.1, 0.15) is 18.4 Å². The molecule has 0 atom stereocenters. The van der Waals surface area contributed by atoms with Gasteiger partial charge in [-0.25, -0.2) is 0 Å². The first-order valence-electron chi connectivity index (χ1n) is 6.94. The van der Waals surface area contributed by atoms with Crippen molar-refractivity contribution in [3.63, 3.8) is 0 Å². The molecule has 1 heterocycles. The van der Waals surface area contributed by atoms with E-state index < -0.39 is 11.4 Å². The van der Waals surface area contributed by atoms with Crippen LogP contribution in [0.25, 0.3) is 0 Å². The molecule has 1 fully saturated rings. The van der Waals surface area contributed by atoms with Gasteiger partial charge in [0.05, 0.1) is 12.0 Å². The summed E-state index contributed by atoms with van der Waals surface area (Å²) in [6.07, 6.45) is 2.28. The van der Waals surface area contributed by atoms with Crippen molar-refractivity contribution in [3.8, 4) is 0 Å². The molecule has 1 aromatic carbocycles. The Hall–Kier alpha value is -2.04. The maximum absolute atomic E-state index is 12.0. The van der Waals surface area contributed by atoms with Crippen LogP contribution in [0.3, 0.4) is 0 Å². The minimum atomic E-state index is -0.802. The minimum Gasteiger partial charge on any atom is -0.481 e. The van der Waals surface area contributed by atoms with Gasteiger partial charge < -0.3 is 15.3 Å². The Morgan fingerprint density at radius 3 is 2.75 bits per heavy atom.